The number of carbonyl (C=O) groups excluding carboxylic acids is 1. The number of halogens is 3. The zero-order valence-electron chi connectivity index (χ0n) is 17.0. The molecule has 0 aliphatic heterocycles. The molecule has 32 heavy (non-hydrogen) atoms. The number of alkyl halides is 3. The smallest absolute Gasteiger partial charge is 0.465 e. The van der Waals surface area contributed by atoms with E-state index in [4.69, 9.17) is 0 Å². The number of sulfonamides is 1. The van der Waals surface area contributed by atoms with Gasteiger partial charge in [0.15, 0.2) is 0 Å². The lowest BCUT2D eigenvalue weighted by molar-refractivity contribution is -0.322. The molecule has 0 aromatic heterocycles. The highest BCUT2D eigenvalue weighted by atomic mass is 32.2. The van der Waals surface area contributed by atoms with Gasteiger partial charge in [0, 0.05) is 0 Å². The number of ether oxygens (including phenoxy) is 1. The van der Waals surface area contributed by atoms with E-state index in [9.17, 15) is 26.4 Å². The number of rotatable bonds is 6. The molecule has 0 aliphatic rings. The molecule has 0 saturated carbocycles. The van der Waals surface area contributed by atoms with Crippen LogP contribution >= 0.6 is 0 Å². The monoisotopic (exact) mass is 465 g/mol. The summed E-state index contributed by atoms with van der Waals surface area (Å²) >= 11 is 0. The lowest BCUT2D eigenvalue weighted by Crippen LogP contribution is -2.36. The first-order valence-electron chi connectivity index (χ1n) is 9.18. The predicted octanol–water partition coefficient (Wildman–Crippen LogP) is 5.10. The summed E-state index contributed by atoms with van der Waals surface area (Å²) in [5, 5.41) is 0. The van der Waals surface area contributed by atoms with Crippen LogP contribution in [-0.2, 0) is 19.6 Å². The normalized spacial score (nSPS) is 11.8. The summed E-state index contributed by atoms with van der Waals surface area (Å²) in [7, 11) is -3.76. The van der Waals surface area contributed by atoms with Crippen LogP contribution in [0.4, 0.5) is 18.9 Å². The molecule has 0 fully saturated rings. The Balaban J connectivity index is 2.07. The topological polar surface area (TPSA) is 72.9 Å². The van der Waals surface area contributed by atoms with Crippen LogP contribution in [0.2, 0.25) is 0 Å². The molecule has 0 spiro atoms. The average molecular weight is 465 g/mol. The van der Waals surface area contributed by atoms with E-state index in [-0.39, 0.29) is 15.7 Å². The van der Waals surface area contributed by atoms with E-state index in [0.29, 0.717) is 11.1 Å². The zero-order chi connectivity index (χ0) is 23.5. The molecule has 168 valence electrons. The van der Waals surface area contributed by atoms with Crippen LogP contribution in [0.25, 0.3) is 11.1 Å². The third-order valence-electron chi connectivity index (χ3n) is 4.50. The molecule has 3 aromatic rings. The van der Waals surface area contributed by atoms with Crippen LogP contribution in [0.1, 0.15) is 15.9 Å². The summed E-state index contributed by atoms with van der Waals surface area (Å²) in [6.07, 6.45) is -5.29. The summed E-state index contributed by atoms with van der Waals surface area (Å²) in [6, 6.07) is 17.7. The van der Waals surface area contributed by atoms with Crippen LogP contribution in [0.3, 0.4) is 0 Å². The van der Waals surface area contributed by atoms with Gasteiger partial charge in [-0.1, -0.05) is 48.5 Å². The molecule has 0 heterocycles. The lowest BCUT2D eigenvalue weighted by atomic mass is 10.1. The van der Waals surface area contributed by atoms with Crippen molar-refractivity contribution in [3.8, 4) is 11.1 Å². The molecule has 3 rings (SSSR count). The molecule has 10 heteroatoms. The molecule has 0 bridgehead atoms. The summed E-state index contributed by atoms with van der Waals surface area (Å²) in [5.74, 6) is -0.824. The number of nitrogens with zero attached hydrogens (tertiary/aromatic N) is 1. The minimum Gasteiger partial charge on any atom is -0.465 e. The maximum Gasteiger partial charge on any atom is 0.544 e. The molecule has 0 saturated heterocycles. The molecular formula is C22H18F3NO5S. The zero-order valence-corrected chi connectivity index (χ0v) is 17.8. The first kappa shape index (κ1) is 23.3. The number of hydrogen-bond donors (Lipinski definition) is 0. The van der Waals surface area contributed by atoms with Gasteiger partial charge in [-0.25, -0.2) is 4.79 Å². The van der Waals surface area contributed by atoms with Crippen LogP contribution in [0.5, 0.6) is 0 Å². The second kappa shape index (κ2) is 9.01. The van der Waals surface area contributed by atoms with Gasteiger partial charge >= 0.3 is 12.3 Å². The Morgan fingerprint density at radius 3 is 2.06 bits per heavy atom. The maximum absolute atomic E-state index is 13.1. The Morgan fingerprint density at radius 2 is 1.50 bits per heavy atom. The highest BCUT2D eigenvalue weighted by molar-refractivity contribution is 7.92. The predicted molar refractivity (Wildman–Crippen MR) is 111 cm³/mol. The van der Waals surface area contributed by atoms with Crippen LogP contribution < -0.4 is 4.47 Å². The molecule has 0 aliphatic carbocycles. The van der Waals surface area contributed by atoms with E-state index >= 15 is 0 Å². The second-order valence-electron chi connectivity index (χ2n) is 6.65. The number of anilines is 1. The van der Waals surface area contributed by atoms with Crippen molar-refractivity contribution < 1.29 is 36.0 Å². The minimum atomic E-state index is -5.29. The largest absolute Gasteiger partial charge is 0.544 e. The lowest BCUT2D eigenvalue weighted by Gasteiger charge is -2.24. The van der Waals surface area contributed by atoms with E-state index in [0.717, 1.165) is 24.8 Å². The number of aryl methyl sites for hydroxylation is 1. The Bertz CT molecular complexity index is 1210. The Kier molecular flexibility index (Phi) is 6.56. The van der Waals surface area contributed by atoms with E-state index in [1.807, 2.05) is 6.07 Å². The molecule has 0 amide bonds. The van der Waals surface area contributed by atoms with E-state index in [1.54, 1.807) is 24.3 Å². The van der Waals surface area contributed by atoms with Crippen LogP contribution in [0, 0.1) is 6.92 Å². The molecule has 0 radical (unpaired) electrons. The Labute approximate surface area is 182 Å². The van der Waals surface area contributed by atoms with Gasteiger partial charge in [-0.15, -0.1) is 17.6 Å². The van der Waals surface area contributed by atoms with Crippen molar-refractivity contribution in [3.63, 3.8) is 0 Å². The number of methoxy groups -OCH3 is 1. The van der Waals surface area contributed by atoms with Gasteiger partial charge in [-0.2, -0.15) is 13.3 Å². The van der Waals surface area contributed by atoms with Crippen LogP contribution in [0.15, 0.2) is 77.7 Å². The fourth-order valence-corrected chi connectivity index (χ4v) is 4.21. The number of benzene rings is 3. The van der Waals surface area contributed by atoms with Crippen molar-refractivity contribution >= 4 is 21.7 Å². The molecule has 6 nitrogen and oxygen atoms in total. The van der Waals surface area contributed by atoms with Gasteiger partial charge in [0.2, 0.25) is 0 Å². The molecule has 0 N–H and O–H groups in total. The standard InChI is InChI=1S/C22H18F3NO5S/c1-15-8-13-19(14-20(15)21(27)30-2)32(28,29)26(31-22(23,24)25)18-11-9-17(10-12-18)16-6-4-3-5-7-16/h3-14H,1-2H3. The van der Waals surface area contributed by atoms with Crippen molar-refractivity contribution in [3.05, 3.63) is 83.9 Å². The third kappa shape index (κ3) is 5.09. The summed E-state index contributed by atoms with van der Waals surface area (Å²) < 4.78 is 69.9. The van der Waals surface area contributed by atoms with Crippen molar-refractivity contribution in [2.45, 2.75) is 18.2 Å². The van der Waals surface area contributed by atoms with E-state index < -0.39 is 27.3 Å². The molecule has 0 atom stereocenters. The first-order valence-corrected chi connectivity index (χ1v) is 10.6. The first-order chi connectivity index (χ1) is 15.0. The van der Waals surface area contributed by atoms with Crippen molar-refractivity contribution in [1.29, 1.82) is 0 Å². The highest BCUT2D eigenvalue weighted by Gasteiger charge is 2.40. The maximum atomic E-state index is 13.1. The van der Waals surface area contributed by atoms with Crippen molar-refractivity contribution in [2.75, 3.05) is 11.6 Å². The molecule has 0 unspecified atom stereocenters. The fraction of sp³-hybridized carbons (Fsp3) is 0.136. The fourth-order valence-electron chi connectivity index (χ4n) is 2.93. The van der Waals surface area contributed by atoms with Gasteiger partial charge in [0.25, 0.3) is 10.0 Å². The SMILES string of the molecule is COC(=O)c1cc(S(=O)(=O)N(OC(F)(F)F)c2ccc(-c3ccccc3)cc2)ccc1C. The van der Waals surface area contributed by atoms with Gasteiger partial charge in [-0.3, -0.25) is 0 Å². The summed E-state index contributed by atoms with van der Waals surface area (Å²) in [4.78, 5) is 15.2. The summed E-state index contributed by atoms with van der Waals surface area (Å²) in [6.45, 7) is 1.54. The van der Waals surface area contributed by atoms with Crippen LogP contribution in [-0.4, -0.2) is 27.9 Å². The van der Waals surface area contributed by atoms with E-state index in [1.165, 1.54) is 37.3 Å². The molecule has 3 aromatic carbocycles. The Morgan fingerprint density at radius 1 is 0.906 bits per heavy atom. The van der Waals surface area contributed by atoms with E-state index in [2.05, 4.69) is 9.57 Å². The number of carbonyl (C=O) groups is 1. The van der Waals surface area contributed by atoms with Gasteiger partial charge in [0.05, 0.1) is 23.3 Å². The quantitative estimate of drug-likeness (QED) is 0.374. The Hall–Kier alpha value is -3.37. The minimum absolute atomic E-state index is 0.0973. The van der Waals surface area contributed by atoms with Crippen molar-refractivity contribution in [2.24, 2.45) is 0 Å². The highest BCUT2D eigenvalue weighted by Crippen LogP contribution is 2.32. The summed E-state index contributed by atoms with van der Waals surface area (Å²) in [5.41, 5.74) is 1.39. The van der Waals surface area contributed by atoms with Crippen molar-refractivity contribution in [1.82, 2.24) is 0 Å². The van der Waals surface area contributed by atoms with Gasteiger partial charge < -0.3 is 4.74 Å². The number of hydrogen-bond acceptors (Lipinski definition) is 5. The van der Waals surface area contributed by atoms with Gasteiger partial charge in [-0.05, 0) is 47.9 Å². The van der Waals surface area contributed by atoms with Gasteiger partial charge in [0.1, 0.15) is 0 Å². The second-order valence-corrected chi connectivity index (χ2v) is 8.40. The third-order valence-corrected chi connectivity index (χ3v) is 6.07. The molecular weight excluding hydrogens is 447 g/mol. The average Bonchev–Trinajstić information content (AvgIpc) is 2.77. The number of esters is 1.